The fraction of sp³-hybridized carbons (Fsp3) is 0.571. The summed E-state index contributed by atoms with van der Waals surface area (Å²) in [6.07, 6.45) is 2.08. The second-order valence-electron chi connectivity index (χ2n) is 6.45. The SMILES string of the molecule is C[Si](C)(C)CCOCn1cc(Br)c2c1C(=O)NCCC2=O. The van der Waals surface area contributed by atoms with E-state index in [-0.39, 0.29) is 11.7 Å². The number of ether oxygens (including phenoxy) is 1. The molecule has 2 rings (SSSR count). The minimum absolute atomic E-state index is 0.0175. The number of aromatic nitrogens is 1. The molecule has 2 heterocycles. The Bertz CT molecular complexity index is 563. The molecule has 0 radical (unpaired) electrons. The van der Waals surface area contributed by atoms with E-state index in [0.717, 1.165) is 6.04 Å². The van der Waals surface area contributed by atoms with Crippen molar-refractivity contribution in [2.45, 2.75) is 38.8 Å². The summed E-state index contributed by atoms with van der Waals surface area (Å²) in [4.78, 5) is 24.2. The fourth-order valence-corrected chi connectivity index (χ4v) is 3.59. The highest BCUT2D eigenvalue weighted by Crippen LogP contribution is 2.26. The minimum Gasteiger partial charge on any atom is -0.361 e. The van der Waals surface area contributed by atoms with Gasteiger partial charge in [-0.2, -0.15) is 0 Å². The van der Waals surface area contributed by atoms with Gasteiger partial charge in [0.1, 0.15) is 12.4 Å². The summed E-state index contributed by atoms with van der Waals surface area (Å²) in [5.74, 6) is -0.230. The lowest BCUT2D eigenvalue weighted by Gasteiger charge is -2.16. The molecule has 0 saturated heterocycles. The Morgan fingerprint density at radius 1 is 1.38 bits per heavy atom. The summed E-state index contributed by atoms with van der Waals surface area (Å²) >= 11 is 3.38. The number of Topliss-reactive ketones (excluding diaryl/α,β-unsaturated/α-hetero) is 1. The third kappa shape index (κ3) is 4.05. The van der Waals surface area contributed by atoms with Crippen LogP contribution in [-0.2, 0) is 11.5 Å². The van der Waals surface area contributed by atoms with E-state index in [1.807, 2.05) is 0 Å². The number of ketones is 1. The molecular weight excluding hydrogens is 352 g/mol. The molecule has 1 N–H and O–H groups in total. The highest BCUT2D eigenvalue weighted by Gasteiger charge is 2.28. The maximum absolute atomic E-state index is 12.1. The molecule has 1 aromatic rings. The van der Waals surface area contributed by atoms with Gasteiger partial charge in [0.15, 0.2) is 5.78 Å². The van der Waals surface area contributed by atoms with E-state index >= 15 is 0 Å². The zero-order valence-electron chi connectivity index (χ0n) is 12.7. The summed E-state index contributed by atoms with van der Waals surface area (Å²) in [5.41, 5.74) is 0.871. The van der Waals surface area contributed by atoms with E-state index in [1.165, 1.54) is 0 Å². The molecule has 0 aliphatic carbocycles. The van der Waals surface area contributed by atoms with E-state index < -0.39 is 8.07 Å². The minimum atomic E-state index is -1.13. The molecular formula is C14H21BrN2O3Si. The number of carbonyl (C=O) groups excluding carboxylic acids is 2. The Hall–Kier alpha value is -0.923. The van der Waals surface area contributed by atoms with Crippen molar-refractivity contribution in [3.63, 3.8) is 0 Å². The fourth-order valence-electron chi connectivity index (χ4n) is 2.17. The number of halogens is 1. The molecule has 1 aliphatic heterocycles. The molecule has 0 unspecified atom stereocenters. The summed E-state index contributed by atoms with van der Waals surface area (Å²) in [7, 11) is -1.13. The predicted molar refractivity (Wildman–Crippen MR) is 87.5 cm³/mol. The molecule has 116 valence electrons. The summed E-state index contributed by atoms with van der Waals surface area (Å²) in [6.45, 7) is 8.23. The van der Waals surface area contributed by atoms with Crippen molar-refractivity contribution >= 4 is 35.7 Å². The number of hydrogen-bond acceptors (Lipinski definition) is 3. The Morgan fingerprint density at radius 3 is 2.76 bits per heavy atom. The lowest BCUT2D eigenvalue weighted by atomic mass is 10.1. The molecule has 0 spiro atoms. The molecule has 21 heavy (non-hydrogen) atoms. The quantitative estimate of drug-likeness (QED) is 0.638. The van der Waals surface area contributed by atoms with Gasteiger partial charge in [0.2, 0.25) is 0 Å². The van der Waals surface area contributed by atoms with Crippen LogP contribution < -0.4 is 5.32 Å². The number of nitrogens with zero attached hydrogens (tertiary/aromatic N) is 1. The maximum atomic E-state index is 12.1. The maximum Gasteiger partial charge on any atom is 0.268 e. The van der Waals surface area contributed by atoms with Crippen molar-refractivity contribution in [3.8, 4) is 0 Å². The van der Waals surface area contributed by atoms with Crippen LogP contribution in [0.5, 0.6) is 0 Å². The van der Waals surface area contributed by atoms with Crippen LogP contribution >= 0.6 is 15.9 Å². The molecule has 5 nitrogen and oxygen atoms in total. The monoisotopic (exact) mass is 372 g/mol. The topological polar surface area (TPSA) is 60.3 Å². The molecule has 1 aromatic heterocycles. The van der Waals surface area contributed by atoms with Crippen LogP contribution in [0.25, 0.3) is 0 Å². The molecule has 0 bridgehead atoms. The third-order valence-electron chi connectivity index (χ3n) is 3.39. The highest BCUT2D eigenvalue weighted by atomic mass is 79.9. The van der Waals surface area contributed by atoms with Gasteiger partial charge in [-0.15, -0.1) is 0 Å². The number of nitrogens with one attached hydrogen (secondary N) is 1. The highest BCUT2D eigenvalue weighted by molar-refractivity contribution is 9.10. The molecule has 0 aromatic carbocycles. The van der Waals surface area contributed by atoms with Crippen LogP contribution in [0.2, 0.25) is 25.7 Å². The van der Waals surface area contributed by atoms with Gasteiger partial charge in [0.25, 0.3) is 5.91 Å². The van der Waals surface area contributed by atoms with Crippen molar-refractivity contribution in [1.29, 1.82) is 0 Å². The largest absolute Gasteiger partial charge is 0.361 e. The van der Waals surface area contributed by atoms with Gasteiger partial charge in [-0.1, -0.05) is 19.6 Å². The van der Waals surface area contributed by atoms with Gasteiger partial charge in [-0.05, 0) is 22.0 Å². The van der Waals surface area contributed by atoms with Crippen LogP contribution in [-0.4, -0.2) is 37.5 Å². The lowest BCUT2D eigenvalue weighted by molar-refractivity contribution is 0.0792. The number of carbonyl (C=O) groups is 2. The zero-order valence-corrected chi connectivity index (χ0v) is 15.2. The van der Waals surface area contributed by atoms with Crippen LogP contribution in [0.4, 0.5) is 0 Å². The van der Waals surface area contributed by atoms with Crippen molar-refractivity contribution in [3.05, 3.63) is 21.9 Å². The molecule has 7 heteroatoms. The van der Waals surface area contributed by atoms with Crippen molar-refractivity contribution in [2.75, 3.05) is 13.2 Å². The van der Waals surface area contributed by atoms with Crippen LogP contribution in [0, 0.1) is 0 Å². The first-order chi connectivity index (χ1) is 9.79. The lowest BCUT2D eigenvalue weighted by Crippen LogP contribution is -2.26. The molecule has 0 atom stereocenters. The summed E-state index contributed by atoms with van der Waals surface area (Å²) in [5, 5.41) is 2.75. The van der Waals surface area contributed by atoms with E-state index in [2.05, 4.69) is 40.9 Å². The van der Waals surface area contributed by atoms with E-state index in [0.29, 0.717) is 42.0 Å². The van der Waals surface area contributed by atoms with Crippen LogP contribution in [0.3, 0.4) is 0 Å². The number of amides is 1. The van der Waals surface area contributed by atoms with Gasteiger partial charge >= 0.3 is 0 Å². The number of rotatable bonds is 5. The second-order valence-corrected chi connectivity index (χ2v) is 12.9. The Balaban J connectivity index is 2.13. The van der Waals surface area contributed by atoms with Gasteiger partial charge in [0.05, 0.1) is 5.56 Å². The normalized spacial score (nSPS) is 15.6. The molecule has 1 amide bonds. The number of hydrogen-bond donors (Lipinski definition) is 1. The molecule has 0 saturated carbocycles. The first kappa shape index (κ1) is 16.4. The average Bonchev–Trinajstić information content (AvgIpc) is 2.61. The van der Waals surface area contributed by atoms with Crippen LogP contribution in [0.15, 0.2) is 10.7 Å². The molecule has 1 aliphatic rings. The predicted octanol–water partition coefficient (Wildman–Crippen LogP) is 2.88. The average molecular weight is 373 g/mol. The van der Waals surface area contributed by atoms with Crippen LogP contribution in [0.1, 0.15) is 27.3 Å². The summed E-state index contributed by atoms with van der Waals surface area (Å²) in [6, 6.07) is 1.07. The molecule has 0 fully saturated rings. The number of fused-ring (bicyclic) bond motifs is 1. The smallest absolute Gasteiger partial charge is 0.268 e. The van der Waals surface area contributed by atoms with Gasteiger partial charge in [0, 0.05) is 38.3 Å². The first-order valence-corrected chi connectivity index (χ1v) is 11.6. The zero-order chi connectivity index (χ0) is 15.6. The van der Waals surface area contributed by atoms with E-state index in [4.69, 9.17) is 4.74 Å². The Morgan fingerprint density at radius 2 is 2.10 bits per heavy atom. The Kier molecular flexibility index (Phi) is 5.06. The Labute approximate surface area is 134 Å². The standard InChI is InChI=1S/C14H21BrN2O3Si/c1-21(2,3)7-6-20-9-17-8-10(15)12-11(18)4-5-16-14(19)13(12)17/h8H,4-7,9H2,1-3H3,(H,16,19). The van der Waals surface area contributed by atoms with Crippen molar-refractivity contribution in [1.82, 2.24) is 9.88 Å². The van der Waals surface area contributed by atoms with Gasteiger partial charge in [-0.3, -0.25) is 9.59 Å². The van der Waals surface area contributed by atoms with Crippen molar-refractivity contribution in [2.24, 2.45) is 0 Å². The van der Waals surface area contributed by atoms with E-state index in [9.17, 15) is 9.59 Å². The third-order valence-corrected chi connectivity index (χ3v) is 5.70. The van der Waals surface area contributed by atoms with E-state index in [1.54, 1.807) is 10.8 Å². The second kappa shape index (κ2) is 6.45. The van der Waals surface area contributed by atoms with Gasteiger partial charge in [-0.25, -0.2) is 0 Å². The first-order valence-electron chi connectivity index (χ1n) is 7.07. The van der Waals surface area contributed by atoms with Crippen molar-refractivity contribution < 1.29 is 14.3 Å². The van der Waals surface area contributed by atoms with Gasteiger partial charge < -0.3 is 14.6 Å². The summed E-state index contributed by atoms with van der Waals surface area (Å²) < 4.78 is 8.06.